The van der Waals surface area contributed by atoms with Crippen LogP contribution in [0.2, 0.25) is 0 Å². The molecule has 192 valence electrons. The molecule has 0 fully saturated rings. The number of hydrogen-bond donors (Lipinski definition) is 1. The largest absolute Gasteiger partial charge is 0.493 e. The van der Waals surface area contributed by atoms with Crippen LogP contribution in [-0.2, 0) is 25.5 Å². The Morgan fingerprint density at radius 3 is 2.33 bits per heavy atom. The number of carbonyl (C=O) groups excluding carboxylic acids is 3. The lowest BCUT2D eigenvalue weighted by Crippen LogP contribution is -2.32. The number of amides is 1. The van der Waals surface area contributed by atoms with Gasteiger partial charge in [-0.1, -0.05) is 11.6 Å². The molecule has 0 unspecified atom stereocenters. The number of allylic oxidation sites excluding steroid dienone is 1. The Balaban J connectivity index is 2.07. The highest BCUT2D eigenvalue weighted by atomic mass is 16.5. The van der Waals surface area contributed by atoms with Gasteiger partial charge in [-0.15, -0.1) is 0 Å². The topological polar surface area (TPSA) is 109 Å². The molecule has 0 saturated heterocycles. The first-order valence-electron chi connectivity index (χ1n) is 11.4. The minimum Gasteiger partial charge on any atom is -0.493 e. The molecule has 0 radical (unpaired) electrons. The standard InChI is InChI=1S/C27H31NO8/c1-15(2)11-23(30)36-14-22(29)28-20-10-8-16-13-21(32-3)25(33-4)26(34-5)24(16)18-9-7-17(12-19(18)20)27(31)35-6/h7,9,11-13,20H,8,10,14H2,1-6H3,(H,28,29)/t20-/m0/s1. The monoisotopic (exact) mass is 497 g/mol. The smallest absolute Gasteiger partial charge is 0.337 e. The van der Waals surface area contributed by atoms with Crippen LogP contribution in [0.3, 0.4) is 0 Å². The van der Waals surface area contributed by atoms with Crippen LogP contribution in [0, 0.1) is 0 Å². The number of aryl methyl sites for hydroxylation is 1. The van der Waals surface area contributed by atoms with Crippen LogP contribution in [0.5, 0.6) is 17.2 Å². The SMILES string of the molecule is COC(=O)c1ccc2c(c1)[C@@H](NC(=O)COC(=O)C=C(C)C)CCc1cc(OC)c(OC)c(OC)c1-2. The number of nitrogens with one attached hydrogen (secondary N) is 1. The Hall–Kier alpha value is -4.01. The lowest BCUT2D eigenvalue weighted by atomic mass is 9.92. The van der Waals surface area contributed by atoms with Crippen molar-refractivity contribution >= 4 is 17.8 Å². The molecule has 36 heavy (non-hydrogen) atoms. The van der Waals surface area contributed by atoms with Crippen molar-refractivity contribution in [2.75, 3.05) is 35.0 Å². The summed E-state index contributed by atoms with van der Waals surface area (Å²) in [4.78, 5) is 36.9. The molecule has 1 aliphatic carbocycles. The van der Waals surface area contributed by atoms with E-state index < -0.39 is 30.5 Å². The Labute approximate surface area is 210 Å². The maximum Gasteiger partial charge on any atom is 0.337 e. The highest BCUT2D eigenvalue weighted by Gasteiger charge is 2.30. The molecule has 3 rings (SSSR count). The Kier molecular flexibility index (Phi) is 8.58. The number of methoxy groups -OCH3 is 4. The fourth-order valence-corrected chi connectivity index (χ4v) is 4.28. The molecule has 0 aromatic heterocycles. The summed E-state index contributed by atoms with van der Waals surface area (Å²) in [5.74, 6) is -0.0949. The van der Waals surface area contributed by atoms with Crippen LogP contribution < -0.4 is 19.5 Å². The van der Waals surface area contributed by atoms with Gasteiger partial charge in [0, 0.05) is 11.6 Å². The molecule has 2 aromatic carbocycles. The van der Waals surface area contributed by atoms with Crippen LogP contribution >= 0.6 is 0 Å². The van der Waals surface area contributed by atoms with Crippen molar-refractivity contribution in [2.24, 2.45) is 0 Å². The third-order valence-electron chi connectivity index (χ3n) is 5.82. The Morgan fingerprint density at radius 1 is 1.00 bits per heavy atom. The number of benzene rings is 2. The van der Waals surface area contributed by atoms with Gasteiger partial charge in [0.05, 0.1) is 40.0 Å². The van der Waals surface area contributed by atoms with E-state index in [1.165, 1.54) is 20.3 Å². The van der Waals surface area contributed by atoms with E-state index in [1.807, 2.05) is 6.07 Å². The Bertz CT molecular complexity index is 1200. The van der Waals surface area contributed by atoms with Crippen molar-refractivity contribution in [1.29, 1.82) is 0 Å². The molecule has 2 aromatic rings. The Morgan fingerprint density at radius 2 is 1.72 bits per heavy atom. The molecular weight excluding hydrogens is 466 g/mol. The fourth-order valence-electron chi connectivity index (χ4n) is 4.28. The summed E-state index contributed by atoms with van der Waals surface area (Å²) in [5, 5.41) is 2.95. The fraction of sp³-hybridized carbons (Fsp3) is 0.370. The molecule has 0 spiro atoms. The van der Waals surface area contributed by atoms with Crippen molar-refractivity contribution in [3.05, 3.63) is 52.6 Å². The highest BCUT2D eigenvalue weighted by molar-refractivity contribution is 5.92. The minimum atomic E-state index is -0.587. The first-order valence-corrected chi connectivity index (χ1v) is 11.4. The first kappa shape index (κ1) is 26.6. The van der Waals surface area contributed by atoms with Gasteiger partial charge >= 0.3 is 11.9 Å². The van der Waals surface area contributed by atoms with Gasteiger partial charge in [0.25, 0.3) is 5.91 Å². The zero-order valence-electron chi connectivity index (χ0n) is 21.4. The van der Waals surface area contributed by atoms with Crippen LogP contribution in [0.4, 0.5) is 0 Å². The summed E-state index contributed by atoms with van der Waals surface area (Å²) >= 11 is 0. The van der Waals surface area contributed by atoms with Crippen LogP contribution in [0.25, 0.3) is 11.1 Å². The highest BCUT2D eigenvalue weighted by Crippen LogP contribution is 2.50. The predicted molar refractivity (Wildman–Crippen MR) is 132 cm³/mol. The summed E-state index contributed by atoms with van der Waals surface area (Å²) in [6, 6.07) is 6.57. The van der Waals surface area contributed by atoms with Gasteiger partial charge < -0.3 is 29.0 Å². The quantitative estimate of drug-likeness (QED) is 0.434. The van der Waals surface area contributed by atoms with Crippen molar-refractivity contribution in [2.45, 2.75) is 32.7 Å². The van der Waals surface area contributed by atoms with E-state index in [9.17, 15) is 14.4 Å². The van der Waals surface area contributed by atoms with Gasteiger partial charge in [0.1, 0.15) is 0 Å². The van der Waals surface area contributed by atoms with Crippen molar-refractivity contribution in [3.8, 4) is 28.4 Å². The molecule has 0 heterocycles. The summed E-state index contributed by atoms with van der Waals surface area (Å²) in [7, 11) is 5.94. The molecule has 1 amide bonds. The maximum atomic E-state index is 12.7. The molecule has 0 aliphatic heterocycles. The van der Waals surface area contributed by atoms with Gasteiger partial charge in [-0.2, -0.15) is 0 Å². The number of rotatable bonds is 8. The van der Waals surface area contributed by atoms with E-state index in [0.29, 0.717) is 41.2 Å². The number of carbonyl (C=O) groups is 3. The number of hydrogen-bond acceptors (Lipinski definition) is 8. The predicted octanol–water partition coefficient (Wildman–Crippen LogP) is 3.78. The molecule has 1 aliphatic rings. The van der Waals surface area contributed by atoms with Crippen molar-refractivity contribution in [1.82, 2.24) is 5.32 Å². The van der Waals surface area contributed by atoms with Gasteiger partial charge in [-0.25, -0.2) is 9.59 Å². The zero-order chi connectivity index (χ0) is 26.4. The van der Waals surface area contributed by atoms with E-state index in [1.54, 1.807) is 46.3 Å². The second-order valence-corrected chi connectivity index (χ2v) is 8.46. The maximum absolute atomic E-state index is 12.7. The molecule has 9 heteroatoms. The van der Waals surface area contributed by atoms with Crippen LogP contribution in [0.1, 0.15) is 47.8 Å². The molecule has 1 N–H and O–H groups in total. The van der Waals surface area contributed by atoms with E-state index in [4.69, 9.17) is 23.7 Å². The van der Waals surface area contributed by atoms with E-state index in [-0.39, 0.29) is 0 Å². The summed E-state index contributed by atoms with van der Waals surface area (Å²) in [6.07, 6.45) is 2.40. The van der Waals surface area contributed by atoms with Gasteiger partial charge in [0.15, 0.2) is 18.1 Å². The van der Waals surface area contributed by atoms with Gasteiger partial charge in [-0.3, -0.25) is 4.79 Å². The van der Waals surface area contributed by atoms with Crippen LogP contribution in [-0.4, -0.2) is 52.9 Å². The van der Waals surface area contributed by atoms with Gasteiger partial charge in [-0.05, 0) is 61.6 Å². The number of fused-ring (bicyclic) bond motifs is 3. The third kappa shape index (κ3) is 5.62. The molecule has 1 atom stereocenters. The van der Waals surface area contributed by atoms with E-state index in [0.717, 1.165) is 22.3 Å². The lowest BCUT2D eigenvalue weighted by Gasteiger charge is -2.21. The normalized spacial score (nSPS) is 13.8. The molecule has 0 bridgehead atoms. The zero-order valence-corrected chi connectivity index (χ0v) is 21.4. The van der Waals surface area contributed by atoms with E-state index >= 15 is 0 Å². The average molecular weight is 498 g/mol. The summed E-state index contributed by atoms with van der Waals surface area (Å²) in [6.45, 7) is 3.10. The molecular formula is C27H31NO8. The molecule has 0 saturated carbocycles. The summed E-state index contributed by atoms with van der Waals surface area (Å²) in [5.41, 5.74) is 4.29. The van der Waals surface area contributed by atoms with E-state index in [2.05, 4.69) is 5.32 Å². The second-order valence-electron chi connectivity index (χ2n) is 8.46. The van der Waals surface area contributed by atoms with Crippen LogP contribution in [0.15, 0.2) is 35.9 Å². The molecule has 9 nitrogen and oxygen atoms in total. The lowest BCUT2D eigenvalue weighted by molar-refractivity contribution is -0.144. The third-order valence-corrected chi connectivity index (χ3v) is 5.82. The van der Waals surface area contributed by atoms with Gasteiger partial charge in [0.2, 0.25) is 5.75 Å². The average Bonchev–Trinajstić information content (AvgIpc) is 3.01. The van der Waals surface area contributed by atoms with Crippen molar-refractivity contribution in [3.63, 3.8) is 0 Å². The van der Waals surface area contributed by atoms with Crippen molar-refractivity contribution < 1.29 is 38.1 Å². The number of ether oxygens (including phenoxy) is 5. The first-order chi connectivity index (χ1) is 17.2. The number of esters is 2. The second kappa shape index (κ2) is 11.6. The summed E-state index contributed by atoms with van der Waals surface area (Å²) < 4.78 is 26.8. The minimum absolute atomic E-state index is 0.341.